The number of benzene rings is 1. The quantitative estimate of drug-likeness (QED) is 0.805. The van der Waals surface area contributed by atoms with Crippen molar-refractivity contribution >= 4 is 15.7 Å². The van der Waals surface area contributed by atoms with Gasteiger partial charge in [0.05, 0.1) is 12.4 Å². The van der Waals surface area contributed by atoms with Crippen molar-refractivity contribution in [2.45, 2.75) is 11.7 Å². The van der Waals surface area contributed by atoms with E-state index in [-0.39, 0.29) is 35.4 Å². The zero-order chi connectivity index (χ0) is 17.3. The lowest BCUT2D eigenvalue weighted by Gasteiger charge is -2.08. The van der Waals surface area contributed by atoms with Gasteiger partial charge in [-0.2, -0.15) is 0 Å². The number of fused-ring (bicyclic) bond motifs is 1. The lowest BCUT2D eigenvalue weighted by Crippen LogP contribution is -2.29. The van der Waals surface area contributed by atoms with Gasteiger partial charge in [-0.25, -0.2) is 17.8 Å². The van der Waals surface area contributed by atoms with Crippen LogP contribution in [0.15, 0.2) is 29.4 Å². The molecule has 0 unspecified atom stereocenters. The number of imidazole rings is 1. The molecule has 0 saturated carbocycles. The van der Waals surface area contributed by atoms with E-state index in [9.17, 15) is 17.6 Å². The van der Waals surface area contributed by atoms with Crippen LogP contribution in [-0.2, 0) is 21.1 Å². The Bertz CT molecular complexity index is 875. The average Bonchev–Trinajstić information content (AvgIpc) is 3.06. The van der Waals surface area contributed by atoms with Crippen LogP contribution in [0.1, 0.15) is 10.5 Å². The molecule has 0 saturated heterocycles. The van der Waals surface area contributed by atoms with Crippen molar-refractivity contribution < 1.29 is 22.3 Å². The van der Waals surface area contributed by atoms with Crippen LogP contribution in [0.25, 0.3) is 11.3 Å². The molecule has 0 radical (unpaired) electrons. The fourth-order valence-electron chi connectivity index (χ4n) is 2.57. The number of methoxy groups -OCH3 is 1. The van der Waals surface area contributed by atoms with Crippen LogP contribution in [0.4, 0.5) is 4.39 Å². The highest BCUT2D eigenvalue weighted by Gasteiger charge is 2.35. The molecule has 24 heavy (non-hydrogen) atoms. The maximum atomic E-state index is 13.1. The third-order valence-corrected chi connectivity index (χ3v) is 5.31. The molecule has 0 fully saturated rings. The highest BCUT2D eigenvalue weighted by atomic mass is 32.2. The normalized spacial score (nSPS) is 15.2. The Balaban J connectivity index is 2.08. The summed E-state index contributed by atoms with van der Waals surface area (Å²) in [6.07, 6.45) is 0. The largest absolute Gasteiger partial charge is 0.383 e. The lowest BCUT2D eigenvalue weighted by atomic mass is 10.1. The summed E-state index contributed by atoms with van der Waals surface area (Å²) in [4.78, 5) is 16.7. The summed E-state index contributed by atoms with van der Waals surface area (Å²) in [6, 6.07) is 5.40. The van der Waals surface area contributed by atoms with Gasteiger partial charge in [-0.3, -0.25) is 4.79 Å². The zero-order valence-corrected chi connectivity index (χ0v) is 13.8. The molecule has 0 bridgehead atoms. The van der Waals surface area contributed by atoms with Gasteiger partial charge in [-0.05, 0) is 24.3 Å². The molecule has 0 atom stereocenters. The molecule has 1 aromatic carbocycles. The van der Waals surface area contributed by atoms with E-state index in [1.165, 1.54) is 35.9 Å². The van der Waals surface area contributed by atoms with Crippen molar-refractivity contribution in [3.63, 3.8) is 0 Å². The minimum Gasteiger partial charge on any atom is -0.383 e. The Morgan fingerprint density at radius 3 is 2.75 bits per heavy atom. The molecule has 1 N–H and O–H groups in total. The van der Waals surface area contributed by atoms with Crippen LogP contribution < -0.4 is 5.32 Å². The van der Waals surface area contributed by atoms with Crippen LogP contribution in [0, 0.1) is 5.82 Å². The minimum absolute atomic E-state index is 0.0859. The van der Waals surface area contributed by atoms with E-state index in [2.05, 4.69) is 10.3 Å². The predicted octanol–water partition coefficient (Wildman–Crippen LogP) is 0.853. The van der Waals surface area contributed by atoms with Gasteiger partial charge in [-0.15, -0.1) is 0 Å². The second-order valence-electron chi connectivity index (χ2n) is 5.32. The van der Waals surface area contributed by atoms with Gasteiger partial charge in [0.1, 0.15) is 17.2 Å². The first kappa shape index (κ1) is 16.6. The highest BCUT2D eigenvalue weighted by Crippen LogP contribution is 2.30. The summed E-state index contributed by atoms with van der Waals surface area (Å²) in [5.41, 5.74) is 0.863. The van der Waals surface area contributed by atoms with Crippen molar-refractivity contribution in [1.82, 2.24) is 14.9 Å². The van der Waals surface area contributed by atoms with Crippen LogP contribution in [0.2, 0.25) is 0 Å². The Kier molecular flexibility index (Phi) is 4.37. The number of nitrogens with one attached hydrogen (secondary N) is 1. The number of carbonyl (C=O) groups is 1. The third kappa shape index (κ3) is 2.92. The van der Waals surface area contributed by atoms with E-state index < -0.39 is 21.6 Å². The standard InChI is InChI=1S/C15H16FN3O4S/c1-23-8-6-17-14(20)13-12(10-2-4-11(16)5-3-10)18-15-19(13)7-9-24(15,21)22/h2-5H,6-9H2,1H3,(H,17,20). The van der Waals surface area contributed by atoms with Crippen molar-refractivity contribution in [3.05, 3.63) is 35.8 Å². The SMILES string of the molecule is COCCNC(=O)c1c(-c2ccc(F)cc2)nc2n1CCS2(=O)=O. The van der Waals surface area contributed by atoms with Crippen LogP contribution in [-0.4, -0.2) is 49.9 Å². The van der Waals surface area contributed by atoms with Gasteiger partial charge in [0.25, 0.3) is 5.91 Å². The van der Waals surface area contributed by atoms with Crippen molar-refractivity contribution in [2.24, 2.45) is 0 Å². The molecule has 1 aromatic heterocycles. The molecule has 0 aliphatic carbocycles. The zero-order valence-electron chi connectivity index (χ0n) is 13.0. The third-order valence-electron chi connectivity index (χ3n) is 3.72. The Morgan fingerprint density at radius 1 is 1.38 bits per heavy atom. The second kappa shape index (κ2) is 6.33. The second-order valence-corrected chi connectivity index (χ2v) is 7.32. The van der Waals surface area contributed by atoms with Gasteiger partial charge < -0.3 is 14.6 Å². The van der Waals surface area contributed by atoms with Crippen molar-refractivity contribution in [1.29, 1.82) is 0 Å². The number of hydrogen-bond acceptors (Lipinski definition) is 5. The Labute approximate surface area is 138 Å². The number of carbonyl (C=O) groups excluding carboxylic acids is 1. The number of hydrogen-bond donors (Lipinski definition) is 1. The summed E-state index contributed by atoms with van der Waals surface area (Å²) in [5, 5.41) is 2.54. The summed E-state index contributed by atoms with van der Waals surface area (Å²) >= 11 is 0. The molecule has 1 aliphatic rings. The maximum Gasteiger partial charge on any atom is 0.270 e. The summed E-state index contributed by atoms with van der Waals surface area (Å²) in [5.74, 6) is -0.955. The van der Waals surface area contributed by atoms with E-state index in [4.69, 9.17) is 4.74 Å². The molecule has 9 heteroatoms. The van der Waals surface area contributed by atoms with E-state index >= 15 is 0 Å². The van der Waals surface area contributed by atoms with E-state index in [1.807, 2.05) is 0 Å². The molecule has 7 nitrogen and oxygen atoms in total. The number of rotatable bonds is 5. The van der Waals surface area contributed by atoms with Gasteiger partial charge in [0.15, 0.2) is 0 Å². The molecular formula is C15H16FN3O4S. The fraction of sp³-hybridized carbons (Fsp3) is 0.333. The molecule has 1 amide bonds. The average molecular weight is 353 g/mol. The summed E-state index contributed by atoms with van der Waals surface area (Å²) < 4.78 is 43.6. The van der Waals surface area contributed by atoms with Crippen LogP contribution >= 0.6 is 0 Å². The van der Waals surface area contributed by atoms with Crippen LogP contribution in [0.5, 0.6) is 0 Å². The number of sulfone groups is 1. The highest BCUT2D eigenvalue weighted by molar-refractivity contribution is 7.91. The predicted molar refractivity (Wildman–Crippen MR) is 83.9 cm³/mol. The first-order valence-corrected chi connectivity index (χ1v) is 8.95. The fourth-order valence-corrected chi connectivity index (χ4v) is 3.92. The lowest BCUT2D eigenvalue weighted by molar-refractivity contribution is 0.0928. The molecule has 0 spiro atoms. The van der Waals surface area contributed by atoms with Gasteiger partial charge in [0.2, 0.25) is 15.0 Å². The van der Waals surface area contributed by atoms with E-state index in [1.54, 1.807) is 0 Å². The smallest absolute Gasteiger partial charge is 0.270 e. The Morgan fingerprint density at radius 2 is 2.08 bits per heavy atom. The van der Waals surface area contributed by atoms with E-state index in [0.717, 1.165) is 0 Å². The monoisotopic (exact) mass is 353 g/mol. The molecule has 3 rings (SSSR count). The summed E-state index contributed by atoms with van der Waals surface area (Å²) in [6.45, 7) is 0.779. The number of halogens is 1. The van der Waals surface area contributed by atoms with Gasteiger partial charge in [-0.1, -0.05) is 0 Å². The van der Waals surface area contributed by atoms with Crippen LogP contribution in [0.3, 0.4) is 0 Å². The van der Waals surface area contributed by atoms with Crippen molar-refractivity contribution in [3.8, 4) is 11.3 Å². The maximum absolute atomic E-state index is 13.1. The number of amides is 1. The molecule has 2 aromatic rings. The topological polar surface area (TPSA) is 90.3 Å². The number of ether oxygens (including phenoxy) is 1. The molecule has 1 aliphatic heterocycles. The van der Waals surface area contributed by atoms with Crippen molar-refractivity contribution in [2.75, 3.05) is 26.0 Å². The first-order chi connectivity index (χ1) is 11.4. The van der Waals surface area contributed by atoms with Gasteiger partial charge in [0, 0.05) is 25.8 Å². The minimum atomic E-state index is -3.51. The molecular weight excluding hydrogens is 337 g/mol. The first-order valence-electron chi connectivity index (χ1n) is 7.30. The number of aromatic nitrogens is 2. The Hall–Kier alpha value is -2.26. The van der Waals surface area contributed by atoms with Gasteiger partial charge >= 0.3 is 0 Å². The molecule has 2 heterocycles. The summed E-state index contributed by atoms with van der Waals surface area (Å²) in [7, 11) is -2.00. The molecule has 128 valence electrons. The van der Waals surface area contributed by atoms with E-state index in [0.29, 0.717) is 12.2 Å². The number of nitrogens with zero attached hydrogens (tertiary/aromatic N) is 2.